The number of hydrogen-bond acceptors (Lipinski definition) is 4. The summed E-state index contributed by atoms with van der Waals surface area (Å²) in [6.45, 7) is 0. The van der Waals surface area contributed by atoms with Gasteiger partial charge in [-0.3, -0.25) is 4.79 Å². The molecule has 0 aromatic heterocycles. The van der Waals surface area contributed by atoms with Gasteiger partial charge in [0, 0.05) is 11.4 Å². The number of ether oxygens (including phenoxy) is 1. The standard InChI is InChI=1S/C15H13FN2O3/c1-21-15(20)9-2-5-11(6-3-9)18-14(19)12-7-4-10(17)8-13(12)16/h2-8H,17H2,1H3,(H,18,19). The Balaban J connectivity index is 2.14. The van der Waals surface area contributed by atoms with E-state index in [9.17, 15) is 14.0 Å². The van der Waals surface area contributed by atoms with Gasteiger partial charge < -0.3 is 15.8 Å². The first-order valence-corrected chi connectivity index (χ1v) is 6.06. The van der Waals surface area contributed by atoms with Crippen molar-refractivity contribution < 1.29 is 18.7 Å². The molecule has 0 atom stereocenters. The van der Waals surface area contributed by atoms with Crippen LogP contribution in [0.2, 0.25) is 0 Å². The molecule has 0 spiro atoms. The van der Waals surface area contributed by atoms with Gasteiger partial charge in [0.05, 0.1) is 18.2 Å². The van der Waals surface area contributed by atoms with Crippen molar-refractivity contribution in [3.63, 3.8) is 0 Å². The van der Waals surface area contributed by atoms with E-state index in [2.05, 4.69) is 10.1 Å². The van der Waals surface area contributed by atoms with Crippen molar-refractivity contribution in [1.82, 2.24) is 0 Å². The maximum Gasteiger partial charge on any atom is 0.337 e. The average Bonchev–Trinajstić information content (AvgIpc) is 2.47. The SMILES string of the molecule is COC(=O)c1ccc(NC(=O)c2ccc(N)cc2F)cc1. The predicted octanol–water partition coefficient (Wildman–Crippen LogP) is 2.45. The Morgan fingerprint density at radius 3 is 2.38 bits per heavy atom. The van der Waals surface area contributed by atoms with Gasteiger partial charge in [0.2, 0.25) is 0 Å². The van der Waals surface area contributed by atoms with Gasteiger partial charge in [0.25, 0.3) is 5.91 Å². The molecule has 5 nitrogen and oxygen atoms in total. The number of benzene rings is 2. The van der Waals surface area contributed by atoms with Crippen LogP contribution < -0.4 is 11.1 Å². The number of nitrogens with two attached hydrogens (primary N) is 1. The monoisotopic (exact) mass is 288 g/mol. The van der Waals surface area contributed by atoms with Gasteiger partial charge in [0.1, 0.15) is 5.82 Å². The number of anilines is 2. The van der Waals surface area contributed by atoms with Crippen LogP contribution in [0.4, 0.5) is 15.8 Å². The number of carbonyl (C=O) groups excluding carboxylic acids is 2. The molecule has 0 aliphatic rings. The summed E-state index contributed by atoms with van der Waals surface area (Å²) < 4.78 is 18.2. The number of nitrogens with one attached hydrogen (secondary N) is 1. The van der Waals surface area contributed by atoms with Gasteiger partial charge in [-0.25, -0.2) is 9.18 Å². The summed E-state index contributed by atoms with van der Waals surface area (Å²) in [4.78, 5) is 23.2. The van der Waals surface area contributed by atoms with Crippen molar-refractivity contribution in [1.29, 1.82) is 0 Å². The van der Waals surface area contributed by atoms with E-state index < -0.39 is 17.7 Å². The van der Waals surface area contributed by atoms with E-state index in [1.165, 1.54) is 43.5 Å². The average molecular weight is 288 g/mol. The number of rotatable bonds is 3. The minimum absolute atomic E-state index is 0.110. The molecule has 2 rings (SSSR count). The molecule has 3 N–H and O–H groups in total. The second-order valence-corrected chi connectivity index (χ2v) is 4.26. The maximum atomic E-state index is 13.6. The van der Waals surface area contributed by atoms with E-state index in [1.54, 1.807) is 0 Å². The van der Waals surface area contributed by atoms with Crippen LogP contribution in [0.25, 0.3) is 0 Å². The fourth-order valence-electron chi connectivity index (χ4n) is 1.72. The normalized spacial score (nSPS) is 10.0. The predicted molar refractivity (Wildman–Crippen MR) is 76.5 cm³/mol. The lowest BCUT2D eigenvalue weighted by atomic mass is 10.1. The van der Waals surface area contributed by atoms with Crippen LogP contribution in [0.1, 0.15) is 20.7 Å². The van der Waals surface area contributed by atoms with Gasteiger partial charge in [-0.1, -0.05) is 0 Å². The molecule has 0 bridgehead atoms. The lowest BCUT2D eigenvalue weighted by molar-refractivity contribution is 0.0600. The Bertz CT molecular complexity index is 684. The second kappa shape index (κ2) is 6.04. The van der Waals surface area contributed by atoms with Crippen molar-refractivity contribution in [3.05, 3.63) is 59.4 Å². The number of esters is 1. The molecule has 0 heterocycles. The molecule has 0 aliphatic heterocycles. The summed E-state index contributed by atoms with van der Waals surface area (Å²) in [5.74, 6) is -1.77. The first kappa shape index (κ1) is 14.5. The highest BCUT2D eigenvalue weighted by molar-refractivity contribution is 6.04. The van der Waals surface area contributed by atoms with Crippen LogP contribution in [0, 0.1) is 5.82 Å². The highest BCUT2D eigenvalue weighted by atomic mass is 19.1. The third kappa shape index (κ3) is 3.36. The van der Waals surface area contributed by atoms with E-state index in [0.29, 0.717) is 11.3 Å². The van der Waals surface area contributed by atoms with E-state index >= 15 is 0 Å². The molecule has 2 aromatic carbocycles. The van der Waals surface area contributed by atoms with Gasteiger partial charge >= 0.3 is 5.97 Å². The second-order valence-electron chi connectivity index (χ2n) is 4.26. The van der Waals surface area contributed by atoms with E-state index in [4.69, 9.17) is 5.73 Å². The van der Waals surface area contributed by atoms with Crippen molar-refractivity contribution in [2.24, 2.45) is 0 Å². The van der Waals surface area contributed by atoms with Gasteiger partial charge in [-0.2, -0.15) is 0 Å². The van der Waals surface area contributed by atoms with Gasteiger partial charge in [0.15, 0.2) is 0 Å². The molecule has 0 aliphatic carbocycles. The number of nitrogen functional groups attached to an aromatic ring is 1. The molecular formula is C15H13FN2O3. The van der Waals surface area contributed by atoms with Crippen LogP contribution in [0.5, 0.6) is 0 Å². The summed E-state index contributed by atoms with van der Waals surface area (Å²) in [6, 6.07) is 9.89. The first-order chi connectivity index (χ1) is 10.0. The van der Waals surface area contributed by atoms with Gasteiger partial charge in [-0.05, 0) is 42.5 Å². The number of amides is 1. The Morgan fingerprint density at radius 1 is 1.14 bits per heavy atom. The van der Waals surface area contributed by atoms with E-state index in [0.717, 1.165) is 6.07 Å². The highest BCUT2D eigenvalue weighted by Crippen LogP contribution is 2.15. The fraction of sp³-hybridized carbons (Fsp3) is 0.0667. The zero-order valence-corrected chi connectivity index (χ0v) is 11.2. The third-order valence-electron chi connectivity index (χ3n) is 2.80. The lowest BCUT2D eigenvalue weighted by Crippen LogP contribution is -2.14. The Morgan fingerprint density at radius 2 is 1.81 bits per heavy atom. The largest absolute Gasteiger partial charge is 0.465 e. The molecule has 1 amide bonds. The summed E-state index contributed by atoms with van der Waals surface area (Å²) in [6.07, 6.45) is 0. The molecule has 108 valence electrons. The van der Waals surface area contributed by atoms with Crippen LogP contribution in [0.3, 0.4) is 0 Å². The summed E-state index contributed by atoms with van der Waals surface area (Å²) >= 11 is 0. The molecule has 6 heteroatoms. The minimum Gasteiger partial charge on any atom is -0.465 e. The summed E-state index contributed by atoms with van der Waals surface area (Å²) in [5.41, 5.74) is 6.34. The molecule has 0 fully saturated rings. The van der Waals surface area contributed by atoms with Crippen molar-refractivity contribution in [3.8, 4) is 0 Å². The quantitative estimate of drug-likeness (QED) is 0.671. The van der Waals surface area contributed by atoms with Crippen LogP contribution in [-0.2, 0) is 4.74 Å². The third-order valence-corrected chi connectivity index (χ3v) is 2.80. The molecule has 0 saturated carbocycles. The topological polar surface area (TPSA) is 81.4 Å². The van der Waals surface area contributed by atoms with Crippen molar-refractivity contribution in [2.75, 3.05) is 18.2 Å². The lowest BCUT2D eigenvalue weighted by Gasteiger charge is -2.07. The number of methoxy groups -OCH3 is 1. The van der Waals surface area contributed by atoms with E-state index in [-0.39, 0.29) is 11.3 Å². The fourth-order valence-corrected chi connectivity index (χ4v) is 1.72. The summed E-state index contributed by atoms with van der Waals surface area (Å²) in [7, 11) is 1.28. The Hall–Kier alpha value is -2.89. The Labute approximate surface area is 120 Å². The number of carbonyl (C=O) groups is 2. The van der Waals surface area contributed by atoms with Crippen LogP contribution >= 0.6 is 0 Å². The summed E-state index contributed by atoms with van der Waals surface area (Å²) in [5, 5.41) is 2.53. The molecule has 0 unspecified atom stereocenters. The smallest absolute Gasteiger partial charge is 0.337 e. The molecule has 0 saturated heterocycles. The number of halogens is 1. The van der Waals surface area contributed by atoms with Crippen molar-refractivity contribution in [2.45, 2.75) is 0 Å². The van der Waals surface area contributed by atoms with Crippen molar-refractivity contribution >= 4 is 23.3 Å². The minimum atomic E-state index is -0.696. The van der Waals surface area contributed by atoms with Gasteiger partial charge in [-0.15, -0.1) is 0 Å². The zero-order chi connectivity index (χ0) is 15.4. The maximum absolute atomic E-state index is 13.6. The Kier molecular flexibility index (Phi) is 4.18. The molecular weight excluding hydrogens is 275 g/mol. The van der Waals surface area contributed by atoms with Crippen LogP contribution in [0.15, 0.2) is 42.5 Å². The molecule has 21 heavy (non-hydrogen) atoms. The molecule has 0 radical (unpaired) electrons. The molecule has 2 aromatic rings. The van der Waals surface area contributed by atoms with E-state index in [1.807, 2.05) is 0 Å². The highest BCUT2D eigenvalue weighted by Gasteiger charge is 2.12. The van der Waals surface area contributed by atoms with Crippen LogP contribution in [-0.4, -0.2) is 19.0 Å². The zero-order valence-electron chi connectivity index (χ0n) is 11.2. The number of hydrogen-bond donors (Lipinski definition) is 2. The first-order valence-electron chi connectivity index (χ1n) is 6.06.